The van der Waals surface area contributed by atoms with Gasteiger partial charge in [0.1, 0.15) is 11.6 Å². The summed E-state index contributed by atoms with van der Waals surface area (Å²) in [6.07, 6.45) is 2.18. The van der Waals surface area contributed by atoms with Crippen molar-refractivity contribution in [1.82, 2.24) is 10.3 Å². The van der Waals surface area contributed by atoms with E-state index in [1.54, 1.807) is 7.11 Å². The fourth-order valence-corrected chi connectivity index (χ4v) is 3.09. The second kappa shape index (κ2) is 4.48. The highest BCUT2D eigenvalue weighted by Gasteiger charge is 2.37. The fraction of sp³-hybridized carbons (Fsp3) is 0.615. The molecule has 5 heteroatoms. The predicted molar refractivity (Wildman–Crippen MR) is 67.2 cm³/mol. The Morgan fingerprint density at radius 2 is 2.39 bits per heavy atom. The van der Waals surface area contributed by atoms with Crippen LogP contribution in [-0.2, 0) is 17.8 Å². The maximum absolute atomic E-state index is 13.8. The molecule has 1 aromatic rings. The number of hydrogen-bond acceptors (Lipinski definition) is 4. The van der Waals surface area contributed by atoms with E-state index in [-0.39, 0.29) is 5.82 Å². The van der Waals surface area contributed by atoms with Gasteiger partial charge in [0, 0.05) is 43.4 Å². The third-order valence-corrected chi connectivity index (χ3v) is 3.88. The SMILES string of the molecule is COCc1c(F)cnc2c1C[C@@H]1CNC[C@@H](C)N21. The molecule has 1 saturated heterocycles. The van der Waals surface area contributed by atoms with Gasteiger partial charge in [-0.2, -0.15) is 0 Å². The molecule has 3 rings (SSSR count). The summed E-state index contributed by atoms with van der Waals surface area (Å²) in [5.41, 5.74) is 1.70. The Labute approximate surface area is 106 Å². The number of piperazine rings is 1. The fourth-order valence-electron chi connectivity index (χ4n) is 3.09. The summed E-state index contributed by atoms with van der Waals surface area (Å²) in [7, 11) is 1.60. The Balaban J connectivity index is 2.04. The van der Waals surface area contributed by atoms with Gasteiger partial charge in [-0.05, 0) is 13.3 Å². The van der Waals surface area contributed by atoms with Crippen molar-refractivity contribution in [3.8, 4) is 0 Å². The highest BCUT2D eigenvalue weighted by molar-refractivity contribution is 5.58. The van der Waals surface area contributed by atoms with E-state index in [1.165, 1.54) is 6.20 Å². The van der Waals surface area contributed by atoms with Gasteiger partial charge in [0.05, 0.1) is 12.8 Å². The third kappa shape index (κ3) is 1.69. The molecule has 18 heavy (non-hydrogen) atoms. The molecular formula is C13H18FN3O. The van der Waals surface area contributed by atoms with Gasteiger partial charge in [0.15, 0.2) is 0 Å². The van der Waals surface area contributed by atoms with Crippen LogP contribution < -0.4 is 10.2 Å². The Hall–Kier alpha value is -1.20. The molecule has 1 aromatic heterocycles. The van der Waals surface area contributed by atoms with Crippen molar-refractivity contribution >= 4 is 5.82 Å². The summed E-state index contributed by atoms with van der Waals surface area (Å²) in [5, 5.41) is 3.41. The molecule has 0 bridgehead atoms. The van der Waals surface area contributed by atoms with Gasteiger partial charge in [-0.15, -0.1) is 0 Å². The molecule has 1 N–H and O–H groups in total. The summed E-state index contributed by atoms with van der Waals surface area (Å²) >= 11 is 0. The Kier molecular flexibility index (Phi) is 2.95. The number of nitrogens with one attached hydrogen (secondary N) is 1. The molecule has 2 aliphatic heterocycles. The number of pyridine rings is 1. The second-order valence-electron chi connectivity index (χ2n) is 5.09. The van der Waals surface area contributed by atoms with E-state index >= 15 is 0 Å². The van der Waals surface area contributed by atoms with E-state index in [2.05, 4.69) is 22.1 Å². The van der Waals surface area contributed by atoms with Crippen molar-refractivity contribution in [1.29, 1.82) is 0 Å². The highest BCUT2D eigenvalue weighted by Crippen LogP contribution is 2.36. The average Bonchev–Trinajstić information content (AvgIpc) is 2.73. The number of aromatic nitrogens is 1. The molecule has 0 unspecified atom stereocenters. The number of nitrogens with zero attached hydrogens (tertiary/aromatic N) is 2. The van der Waals surface area contributed by atoms with E-state index in [0.717, 1.165) is 30.9 Å². The summed E-state index contributed by atoms with van der Waals surface area (Å²) in [5.74, 6) is 0.693. The van der Waals surface area contributed by atoms with Crippen LogP contribution in [0.3, 0.4) is 0 Å². The third-order valence-electron chi connectivity index (χ3n) is 3.88. The maximum Gasteiger partial charge on any atom is 0.147 e. The van der Waals surface area contributed by atoms with E-state index in [9.17, 15) is 4.39 Å². The van der Waals surface area contributed by atoms with Crippen molar-refractivity contribution in [2.75, 3.05) is 25.1 Å². The van der Waals surface area contributed by atoms with E-state index < -0.39 is 0 Å². The first-order valence-corrected chi connectivity index (χ1v) is 6.36. The lowest BCUT2D eigenvalue weighted by molar-refractivity contribution is 0.180. The Morgan fingerprint density at radius 1 is 1.56 bits per heavy atom. The molecule has 1 fully saturated rings. The smallest absolute Gasteiger partial charge is 0.147 e. The van der Waals surface area contributed by atoms with Gasteiger partial charge in [-0.25, -0.2) is 9.37 Å². The number of ether oxygens (including phenoxy) is 1. The molecule has 0 saturated carbocycles. The van der Waals surface area contributed by atoms with E-state index in [0.29, 0.717) is 24.3 Å². The Morgan fingerprint density at radius 3 is 3.17 bits per heavy atom. The minimum atomic E-state index is -0.254. The zero-order valence-corrected chi connectivity index (χ0v) is 10.7. The highest BCUT2D eigenvalue weighted by atomic mass is 19.1. The van der Waals surface area contributed by atoms with E-state index in [1.807, 2.05) is 0 Å². The predicted octanol–water partition coefficient (Wildman–Crippen LogP) is 1.09. The largest absolute Gasteiger partial charge is 0.380 e. The van der Waals surface area contributed by atoms with Crippen molar-refractivity contribution in [3.05, 3.63) is 23.1 Å². The number of halogens is 1. The van der Waals surface area contributed by atoms with Crippen LogP contribution in [0.2, 0.25) is 0 Å². The van der Waals surface area contributed by atoms with Crippen molar-refractivity contribution < 1.29 is 9.13 Å². The number of fused-ring (bicyclic) bond motifs is 3. The van der Waals surface area contributed by atoms with E-state index in [4.69, 9.17) is 4.74 Å². The van der Waals surface area contributed by atoms with Crippen molar-refractivity contribution in [2.45, 2.75) is 32.0 Å². The van der Waals surface area contributed by atoms with Crippen LogP contribution in [0.4, 0.5) is 10.2 Å². The quantitative estimate of drug-likeness (QED) is 0.854. The lowest BCUT2D eigenvalue weighted by Gasteiger charge is -2.37. The first kappa shape index (κ1) is 11.9. The number of hydrogen-bond donors (Lipinski definition) is 1. The molecular weight excluding hydrogens is 233 g/mol. The molecule has 3 heterocycles. The average molecular weight is 251 g/mol. The van der Waals surface area contributed by atoms with Crippen molar-refractivity contribution in [2.24, 2.45) is 0 Å². The molecule has 0 aliphatic carbocycles. The van der Waals surface area contributed by atoms with Gasteiger partial charge in [-0.1, -0.05) is 0 Å². The van der Waals surface area contributed by atoms with Crippen LogP contribution in [0.15, 0.2) is 6.20 Å². The second-order valence-corrected chi connectivity index (χ2v) is 5.09. The zero-order valence-electron chi connectivity index (χ0n) is 10.7. The number of methoxy groups -OCH3 is 1. The standard InChI is InChI=1S/C13H18FN3O/c1-8-4-15-5-9-3-10-11(7-18-2)12(14)6-16-13(10)17(8)9/h6,8-9,15H,3-5,7H2,1-2H3/t8-,9-/m1/s1. The monoisotopic (exact) mass is 251 g/mol. The normalized spacial score (nSPS) is 26.1. The molecule has 0 radical (unpaired) electrons. The molecule has 4 nitrogen and oxygen atoms in total. The molecule has 2 aliphatic rings. The van der Waals surface area contributed by atoms with Crippen LogP contribution in [0.5, 0.6) is 0 Å². The van der Waals surface area contributed by atoms with Crippen LogP contribution in [0, 0.1) is 5.82 Å². The lowest BCUT2D eigenvalue weighted by atomic mass is 10.0. The summed E-state index contributed by atoms with van der Waals surface area (Å²) < 4.78 is 18.9. The summed E-state index contributed by atoms with van der Waals surface area (Å²) in [6, 6.07) is 0.798. The van der Waals surface area contributed by atoms with Gasteiger partial charge in [0.25, 0.3) is 0 Å². The number of anilines is 1. The van der Waals surface area contributed by atoms with Crippen LogP contribution in [-0.4, -0.2) is 37.3 Å². The molecule has 0 spiro atoms. The lowest BCUT2D eigenvalue weighted by Crippen LogP contribution is -2.55. The zero-order chi connectivity index (χ0) is 12.7. The summed E-state index contributed by atoms with van der Waals surface area (Å²) in [4.78, 5) is 6.63. The van der Waals surface area contributed by atoms with Gasteiger partial charge >= 0.3 is 0 Å². The van der Waals surface area contributed by atoms with Crippen LogP contribution >= 0.6 is 0 Å². The molecule has 0 aromatic carbocycles. The van der Waals surface area contributed by atoms with Crippen molar-refractivity contribution in [3.63, 3.8) is 0 Å². The topological polar surface area (TPSA) is 37.4 Å². The maximum atomic E-state index is 13.8. The van der Waals surface area contributed by atoms with Crippen LogP contribution in [0.25, 0.3) is 0 Å². The van der Waals surface area contributed by atoms with Gasteiger partial charge in [-0.3, -0.25) is 0 Å². The minimum Gasteiger partial charge on any atom is -0.380 e. The molecule has 98 valence electrons. The minimum absolute atomic E-state index is 0.254. The number of rotatable bonds is 2. The Bertz CT molecular complexity index is 466. The summed E-state index contributed by atoms with van der Waals surface area (Å²) in [6.45, 7) is 4.39. The molecule has 2 atom stereocenters. The van der Waals surface area contributed by atoms with Crippen LogP contribution in [0.1, 0.15) is 18.1 Å². The van der Waals surface area contributed by atoms with Gasteiger partial charge < -0.3 is 15.0 Å². The first-order valence-electron chi connectivity index (χ1n) is 6.36. The van der Waals surface area contributed by atoms with Gasteiger partial charge in [0.2, 0.25) is 0 Å². The molecule has 0 amide bonds. The first-order chi connectivity index (χ1) is 8.72.